The molecule has 0 aliphatic heterocycles. The van der Waals surface area contributed by atoms with Crippen LogP contribution < -0.4 is 0 Å². The molecule has 0 spiro atoms. The number of aromatic nitrogens is 1. The van der Waals surface area contributed by atoms with Crippen LogP contribution in [0.25, 0.3) is 0 Å². The average Bonchev–Trinajstić information content (AvgIpc) is 2.52. The van der Waals surface area contributed by atoms with Crippen LogP contribution in [0.3, 0.4) is 0 Å². The molecule has 0 unspecified atom stereocenters. The maximum atomic E-state index is 12.4. The van der Waals surface area contributed by atoms with Gasteiger partial charge in [-0.3, -0.25) is 4.79 Å². The summed E-state index contributed by atoms with van der Waals surface area (Å²) in [6.45, 7) is 2.66. The second-order valence-electron chi connectivity index (χ2n) is 4.99. The third-order valence-corrected chi connectivity index (χ3v) is 3.58. The molecule has 0 fully saturated rings. The molecule has 2 aromatic rings. The highest BCUT2D eigenvalue weighted by molar-refractivity contribution is 6.29. The third kappa shape index (κ3) is 4.30. The van der Waals surface area contributed by atoms with E-state index in [1.807, 2.05) is 38.2 Å². The SMILES string of the molecule is CCc1cc(C(=O)N(C)CCc2ccccc2)cc(Cl)n1. The van der Waals surface area contributed by atoms with Crippen molar-refractivity contribution >= 4 is 17.5 Å². The number of likely N-dealkylation sites (N-methyl/N-ethyl adjacent to an activating group) is 1. The summed E-state index contributed by atoms with van der Waals surface area (Å²) >= 11 is 5.97. The Balaban J connectivity index is 2.03. The van der Waals surface area contributed by atoms with Gasteiger partial charge in [-0.2, -0.15) is 0 Å². The molecule has 110 valence electrons. The van der Waals surface area contributed by atoms with E-state index >= 15 is 0 Å². The van der Waals surface area contributed by atoms with Gasteiger partial charge in [-0.15, -0.1) is 0 Å². The van der Waals surface area contributed by atoms with Gasteiger partial charge < -0.3 is 4.90 Å². The highest BCUT2D eigenvalue weighted by Gasteiger charge is 2.13. The topological polar surface area (TPSA) is 33.2 Å². The smallest absolute Gasteiger partial charge is 0.253 e. The first kappa shape index (κ1) is 15.5. The van der Waals surface area contributed by atoms with E-state index < -0.39 is 0 Å². The summed E-state index contributed by atoms with van der Waals surface area (Å²) in [4.78, 5) is 18.3. The molecule has 1 heterocycles. The Bertz CT molecular complexity index is 613. The molecular weight excluding hydrogens is 284 g/mol. The van der Waals surface area contributed by atoms with Crippen LogP contribution in [-0.2, 0) is 12.8 Å². The van der Waals surface area contributed by atoms with Gasteiger partial charge in [0.2, 0.25) is 0 Å². The Labute approximate surface area is 130 Å². The molecule has 4 heteroatoms. The van der Waals surface area contributed by atoms with Gasteiger partial charge in [-0.25, -0.2) is 4.98 Å². The van der Waals surface area contributed by atoms with Gasteiger partial charge in [0.15, 0.2) is 0 Å². The van der Waals surface area contributed by atoms with Crippen LogP contribution in [0.1, 0.15) is 28.5 Å². The number of halogens is 1. The van der Waals surface area contributed by atoms with Gasteiger partial charge in [0, 0.05) is 24.8 Å². The molecule has 1 amide bonds. The van der Waals surface area contributed by atoms with Crippen molar-refractivity contribution in [1.82, 2.24) is 9.88 Å². The summed E-state index contributed by atoms with van der Waals surface area (Å²) in [5, 5.41) is 0.370. The maximum Gasteiger partial charge on any atom is 0.253 e. The van der Waals surface area contributed by atoms with Crippen LogP contribution in [0.4, 0.5) is 0 Å². The maximum absolute atomic E-state index is 12.4. The lowest BCUT2D eigenvalue weighted by molar-refractivity contribution is 0.0796. The number of pyridine rings is 1. The minimum atomic E-state index is -0.0232. The summed E-state index contributed by atoms with van der Waals surface area (Å²) in [6.07, 6.45) is 1.59. The molecule has 0 bridgehead atoms. The number of amides is 1. The normalized spacial score (nSPS) is 10.4. The zero-order valence-corrected chi connectivity index (χ0v) is 13.1. The van der Waals surface area contributed by atoms with E-state index in [4.69, 9.17) is 11.6 Å². The lowest BCUT2D eigenvalue weighted by Gasteiger charge is -2.17. The largest absolute Gasteiger partial charge is 0.341 e. The molecule has 0 radical (unpaired) electrons. The summed E-state index contributed by atoms with van der Waals surface area (Å²) in [5.74, 6) is -0.0232. The Kier molecular flexibility index (Phi) is 5.34. The van der Waals surface area contributed by atoms with E-state index in [9.17, 15) is 4.79 Å². The molecule has 21 heavy (non-hydrogen) atoms. The van der Waals surface area contributed by atoms with E-state index in [2.05, 4.69) is 17.1 Å². The summed E-state index contributed by atoms with van der Waals surface area (Å²) in [6, 6.07) is 13.6. The van der Waals surface area contributed by atoms with Crippen molar-refractivity contribution < 1.29 is 4.79 Å². The van der Waals surface area contributed by atoms with E-state index in [-0.39, 0.29) is 5.91 Å². The molecule has 1 aromatic carbocycles. The Morgan fingerprint density at radius 1 is 1.24 bits per heavy atom. The predicted molar refractivity (Wildman–Crippen MR) is 85.7 cm³/mol. The fraction of sp³-hybridized carbons (Fsp3) is 0.294. The standard InChI is InChI=1S/C17H19ClN2O/c1-3-15-11-14(12-16(18)19-15)17(21)20(2)10-9-13-7-5-4-6-8-13/h4-8,11-12H,3,9-10H2,1-2H3. The molecule has 2 rings (SSSR count). The molecule has 0 saturated heterocycles. The molecule has 0 N–H and O–H groups in total. The van der Waals surface area contributed by atoms with Crippen molar-refractivity contribution in [2.24, 2.45) is 0 Å². The van der Waals surface area contributed by atoms with E-state index in [0.29, 0.717) is 17.3 Å². The van der Waals surface area contributed by atoms with E-state index in [1.165, 1.54) is 5.56 Å². The van der Waals surface area contributed by atoms with Crippen molar-refractivity contribution in [1.29, 1.82) is 0 Å². The molecule has 0 aliphatic carbocycles. The van der Waals surface area contributed by atoms with Gasteiger partial charge >= 0.3 is 0 Å². The number of rotatable bonds is 5. The van der Waals surface area contributed by atoms with Crippen LogP contribution in [0, 0.1) is 0 Å². The number of benzene rings is 1. The highest BCUT2D eigenvalue weighted by atomic mass is 35.5. The number of carbonyl (C=O) groups is 1. The van der Waals surface area contributed by atoms with Gasteiger partial charge in [-0.05, 0) is 30.5 Å². The van der Waals surface area contributed by atoms with Crippen molar-refractivity contribution in [2.75, 3.05) is 13.6 Å². The van der Waals surface area contributed by atoms with Crippen LogP contribution in [0.5, 0.6) is 0 Å². The van der Waals surface area contributed by atoms with Crippen LogP contribution in [0.15, 0.2) is 42.5 Å². The van der Waals surface area contributed by atoms with Crippen molar-refractivity contribution in [2.45, 2.75) is 19.8 Å². The first-order valence-corrected chi connectivity index (χ1v) is 7.43. The number of nitrogens with zero attached hydrogens (tertiary/aromatic N) is 2. The lowest BCUT2D eigenvalue weighted by Crippen LogP contribution is -2.29. The molecule has 3 nitrogen and oxygen atoms in total. The van der Waals surface area contributed by atoms with Crippen LogP contribution in [-0.4, -0.2) is 29.4 Å². The van der Waals surface area contributed by atoms with Crippen LogP contribution in [0.2, 0.25) is 5.15 Å². The number of hydrogen-bond acceptors (Lipinski definition) is 2. The first-order chi connectivity index (χ1) is 10.1. The van der Waals surface area contributed by atoms with Gasteiger partial charge in [0.1, 0.15) is 5.15 Å². The summed E-state index contributed by atoms with van der Waals surface area (Å²) in [7, 11) is 1.81. The van der Waals surface area contributed by atoms with Gasteiger partial charge in [0.25, 0.3) is 5.91 Å². The quantitative estimate of drug-likeness (QED) is 0.791. The fourth-order valence-corrected chi connectivity index (χ4v) is 2.35. The summed E-state index contributed by atoms with van der Waals surface area (Å²) < 4.78 is 0. The predicted octanol–water partition coefficient (Wildman–Crippen LogP) is 3.61. The van der Waals surface area contributed by atoms with Crippen molar-refractivity contribution in [3.63, 3.8) is 0 Å². The second-order valence-corrected chi connectivity index (χ2v) is 5.37. The monoisotopic (exact) mass is 302 g/mol. The molecule has 0 atom stereocenters. The van der Waals surface area contributed by atoms with E-state index in [1.54, 1.807) is 11.0 Å². The second kappa shape index (κ2) is 7.23. The Hall–Kier alpha value is -1.87. The minimum Gasteiger partial charge on any atom is -0.341 e. The molecular formula is C17H19ClN2O. The fourth-order valence-electron chi connectivity index (χ4n) is 2.12. The average molecular weight is 303 g/mol. The first-order valence-electron chi connectivity index (χ1n) is 7.06. The van der Waals surface area contributed by atoms with Crippen molar-refractivity contribution in [3.8, 4) is 0 Å². The Morgan fingerprint density at radius 2 is 1.95 bits per heavy atom. The van der Waals surface area contributed by atoms with Gasteiger partial charge in [-0.1, -0.05) is 48.9 Å². The molecule has 0 aliphatic rings. The van der Waals surface area contributed by atoms with Crippen LogP contribution >= 0.6 is 11.6 Å². The molecule has 0 saturated carbocycles. The minimum absolute atomic E-state index is 0.0232. The van der Waals surface area contributed by atoms with Gasteiger partial charge in [0.05, 0.1) is 0 Å². The lowest BCUT2D eigenvalue weighted by atomic mass is 10.1. The summed E-state index contributed by atoms with van der Waals surface area (Å²) in [5.41, 5.74) is 2.66. The zero-order valence-electron chi connectivity index (χ0n) is 12.3. The van der Waals surface area contributed by atoms with E-state index in [0.717, 1.165) is 18.5 Å². The number of hydrogen-bond donors (Lipinski definition) is 0. The number of aryl methyl sites for hydroxylation is 1. The Morgan fingerprint density at radius 3 is 2.62 bits per heavy atom. The van der Waals surface area contributed by atoms with Crippen molar-refractivity contribution in [3.05, 3.63) is 64.4 Å². The third-order valence-electron chi connectivity index (χ3n) is 3.38. The molecule has 1 aromatic heterocycles. The number of carbonyl (C=O) groups excluding carboxylic acids is 1. The zero-order chi connectivity index (χ0) is 15.2. The highest BCUT2D eigenvalue weighted by Crippen LogP contribution is 2.13.